The molecule has 114 valence electrons. The van der Waals surface area contributed by atoms with Gasteiger partial charge >= 0.3 is 0 Å². The minimum atomic E-state index is 0.0422. The molecule has 6 heteroatoms. The van der Waals surface area contributed by atoms with Gasteiger partial charge in [0.05, 0.1) is 21.1 Å². The van der Waals surface area contributed by atoms with Crippen LogP contribution in [0.1, 0.15) is 30.5 Å². The van der Waals surface area contributed by atoms with Crippen molar-refractivity contribution in [1.82, 2.24) is 5.32 Å². The van der Waals surface area contributed by atoms with Gasteiger partial charge in [0.1, 0.15) is 5.75 Å². The lowest BCUT2D eigenvalue weighted by Crippen LogP contribution is -2.23. The maximum absolute atomic E-state index is 6.43. The zero-order valence-electron chi connectivity index (χ0n) is 11.8. The summed E-state index contributed by atoms with van der Waals surface area (Å²) in [6.07, 6.45) is 1.05. The molecule has 1 aromatic carbocycles. The first-order valence-corrected chi connectivity index (χ1v) is 9.28. The van der Waals surface area contributed by atoms with Crippen molar-refractivity contribution in [3.05, 3.63) is 47.6 Å². The Bertz CT molecular complexity index is 618. The summed E-state index contributed by atoms with van der Waals surface area (Å²) in [6.45, 7) is 3.06. The molecule has 1 N–H and O–H groups in total. The minimum Gasteiger partial charge on any atom is -0.495 e. The fourth-order valence-corrected chi connectivity index (χ4v) is 4.00. The van der Waals surface area contributed by atoms with E-state index < -0.39 is 0 Å². The van der Waals surface area contributed by atoms with Crippen LogP contribution in [0.2, 0.25) is 10.0 Å². The van der Waals surface area contributed by atoms with Gasteiger partial charge in [0, 0.05) is 11.1 Å². The third-order valence-corrected chi connectivity index (χ3v) is 5.53. The summed E-state index contributed by atoms with van der Waals surface area (Å²) in [5.74, 6) is 0.597. The van der Waals surface area contributed by atoms with Crippen LogP contribution in [-0.2, 0) is 0 Å². The molecule has 0 spiro atoms. The molecule has 2 nitrogen and oxygen atoms in total. The first-order valence-electron chi connectivity index (χ1n) is 6.57. The second-order valence-electron chi connectivity index (χ2n) is 4.58. The number of thiophene rings is 1. The van der Waals surface area contributed by atoms with Crippen LogP contribution in [-0.4, -0.2) is 13.7 Å². The predicted octanol–water partition coefficient (Wildman–Crippen LogP) is 5.76. The van der Waals surface area contributed by atoms with Crippen LogP contribution >= 0.6 is 57.1 Å². The zero-order valence-corrected chi connectivity index (χ0v) is 16.2. The Kier molecular flexibility index (Phi) is 6.62. The highest BCUT2D eigenvalue weighted by Crippen LogP contribution is 2.37. The lowest BCUT2D eigenvalue weighted by molar-refractivity contribution is 0.414. The van der Waals surface area contributed by atoms with Crippen LogP contribution in [0.5, 0.6) is 5.75 Å². The van der Waals surface area contributed by atoms with E-state index in [4.69, 9.17) is 27.9 Å². The molecule has 0 bridgehead atoms. The molecule has 1 atom stereocenters. The summed E-state index contributed by atoms with van der Waals surface area (Å²) < 4.78 is 6.47. The number of rotatable bonds is 6. The van der Waals surface area contributed by atoms with Crippen LogP contribution in [0.25, 0.3) is 0 Å². The van der Waals surface area contributed by atoms with E-state index in [-0.39, 0.29) is 6.04 Å². The molecule has 1 heterocycles. The summed E-state index contributed by atoms with van der Waals surface area (Å²) in [6, 6.07) is 5.88. The molecule has 0 fully saturated rings. The molecule has 0 amide bonds. The van der Waals surface area contributed by atoms with Gasteiger partial charge in [-0.15, -0.1) is 11.3 Å². The standard InChI is InChI=1S/C15H16Cl2INOS/c1-3-4-19-15(9-5-14(18)21-8-9)10-6-12(17)13(20-2)7-11(10)16/h5-8,15,19H,3-4H2,1-2H3. The second kappa shape index (κ2) is 8.02. The largest absolute Gasteiger partial charge is 0.495 e. The monoisotopic (exact) mass is 455 g/mol. The summed E-state index contributed by atoms with van der Waals surface area (Å²) in [4.78, 5) is 0. The van der Waals surface area contributed by atoms with Crippen LogP contribution in [0.3, 0.4) is 0 Å². The van der Waals surface area contributed by atoms with Crippen molar-refractivity contribution in [2.75, 3.05) is 13.7 Å². The Morgan fingerprint density at radius 3 is 2.62 bits per heavy atom. The molecule has 0 radical (unpaired) electrons. The molecule has 2 rings (SSSR count). The number of ether oxygens (including phenoxy) is 1. The van der Waals surface area contributed by atoms with Gasteiger partial charge in [-0.25, -0.2) is 0 Å². The smallest absolute Gasteiger partial charge is 0.138 e. The molecule has 2 aromatic rings. The number of benzene rings is 1. The molecule has 0 aliphatic heterocycles. The lowest BCUT2D eigenvalue weighted by atomic mass is 10.0. The summed E-state index contributed by atoms with van der Waals surface area (Å²) in [5.41, 5.74) is 2.19. The van der Waals surface area contributed by atoms with E-state index in [2.05, 4.69) is 46.3 Å². The number of hydrogen-bond acceptors (Lipinski definition) is 3. The van der Waals surface area contributed by atoms with Crippen molar-refractivity contribution in [1.29, 1.82) is 0 Å². The first kappa shape index (κ1) is 17.3. The Balaban J connectivity index is 2.43. The molecule has 0 saturated heterocycles. The lowest BCUT2D eigenvalue weighted by Gasteiger charge is -2.20. The predicted molar refractivity (Wildman–Crippen MR) is 100 cm³/mol. The average molecular weight is 456 g/mol. The Hall–Kier alpha value is -0.0100. The highest BCUT2D eigenvalue weighted by atomic mass is 127. The summed E-state index contributed by atoms with van der Waals surface area (Å²) in [7, 11) is 1.59. The highest BCUT2D eigenvalue weighted by Gasteiger charge is 2.20. The van der Waals surface area contributed by atoms with Gasteiger partial charge in [-0.1, -0.05) is 30.1 Å². The molecule has 1 unspecified atom stereocenters. The minimum absolute atomic E-state index is 0.0422. The molecule has 21 heavy (non-hydrogen) atoms. The van der Waals surface area contributed by atoms with Crippen molar-refractivity contribution in [2.24, 2.45) is 0 Å². The van der Waals surface area contributed by atoms with E-state index >= 15 is 0 Å². The van der Waals surface area contributed by atoms with Crippen LogP contribution in [0, 0.1) is 2.88 Å². The van der Waals surface area contributed by atoms with Crippen molar-refractivity contribution in [3.8, 4) is 5.75 Å². The van der Waals surface area contributed by atoms with E-state index in [1.807, 2.05) is 6.07 Å². The van der Waals surface area contributed by atoms with Gasteiger partial charge in [0.25, 0.3) is 0 Å². The molecular weight excluding hydrogens is 440 g/mol. The number of halogens is 3. The van der Waals surface area contributed by atoms with E-state index in [1.165, 1.54) is 8.45 Å². The number of methoxy groups -OCH3 is 1. The normalized spacial score (nSPS) is 12.4. The van der Waals surface area contributed by atoms with E-state index in [0.717, 1.165) is 18.5 Å². The van der Waals surface area contributed by atoms with Crippen molar-refractivity contribution in [3.63, 3.8) is 0 Å². The van der Waals surface area contributed by atoms with Crippen molar-refractivity contribution in [2.45, 2.75) is 19.4 Å². The number of nitrogens with one attached hydrogen (secondary N) is 1. The Labute approximate surface area is 152 Å². The van der Waals surface area contributed by atoms with Gasteiger partial charge in [-0.2, -0.15) is 0 Å². The Morgan fingerprint density at radius 2 is 2.05 bits per heavy atom. The van der Waals surface area contributed by atoms with Crippen LogP contribution in [0.15, 0.2) is 23.6 Å². The Morgan fingerprint density at radius 1 is 1.29 bits per heavy atom. The summed E-state index contributed by atoms with van der Waals surface area (Å²) >= 11 is 16.7. The van der Waals surface area contributed by atoms with Gasteiger partial charge in [0.2, 0.25) is 0 Å². The third-order valence-electron chi connectivity index (χ3n) is 3.10. The second-order valence-corrected chi connectivity index (χ2v) is 8.20. The zero-order chi connectivity index (χ0) is 15.4. The van der Waals surface area contributed by atoms with E-state index in [9.17, 15) is 0 Å². The van der Waals surface area contributed by atoms with E-state index in [1.54, 1.807) is 24.5 Å². The average Bonchev–Trinajstić information content (AvgIpc) is 2.89. The van der Waals surface area contributed by atoms with Gasteiger partial charge in [0.15, 0.2) is 0 Å². The fourth-order valence-electron chi connectivity index (χ4n) is 2.09. The first-order chi connectivity index (χ1) is 10.1. The molecule has 0 saturated carbocycles. The molecule has 0 aliphatic carbocycles. The quantitative estimate of drug-likeness (QED) is 0.559. The fraction of sp³-hybridized carbons (Fsp3) is 0.333. The summed E-state index contributed by atoms with van der Waals surface area (Å²) in [5, 5.41) is 6.93. The third kappa shape index (κ3) is 4.26. The van der Waals surface area contributed by atoms with Gasteiger partial charge < -0.3 is 10.1 Å². The topological polar surface area (TPSA) is 21.3 Å². The van der Waals surface area contributed by atoms with Crippen LogP contribution < -0.4 is 10.1 Å². The number of hydrogen-bond donors (Lipinski definition) is 1. The maximum atomic E-state index is 6.43. The van der Waals surface area contributed by atoms with Crippen molar-refractivity contribution < 1.29 is 4.74 Å². The molecule has 1 aromatic heterocycles. The molecular formula is C15H16Cl2INOS. The van der Waals surface area contributed by atoms with Gasteiger partial charge in [-0.3, -0.25) is 0 Å². The van der Waals surface area contributed by atoms with Crippen LogP contribution in [0.4, 0.5) is 0 Å². The van der Waals surface area contributed by atoms with E-state index in [0.29, 0.717) is 15.8 Å². The maximum Gasteiger partial charge on any atom is 0.138 e. The molecule has 0 aliphatic rings. The SMILES string of the molecule is CCCNC(c1csc(I)c1)c1cc(Cl)c(OC)cc1Cl. The van der Waals surface area contributed by atoms with Crippen molar-refractivity contribution >= 4 is 57.1 Å². The highest BCUT2D eigenvalue weighted by molar-refractivity contribution is 14.1. The van der Waals surface area contributed by atoms with Gasteiger partial charge in [-0.05, 0) is 64.2 Å².